The Hall–Kier alpha value is -1.16. The molecule has 0 rings (SSSR count). The lowest BCUT2D eigenvalue weighted by atomic mass is 9.92. The first-order valence-electron chi connectivity index (χ1n) is 5.12. The number of hydrogen-bond donors (Lipinski definition) is 0. The molecule has 0 saturated heterocycles. The minimum absolute atomic E-state index is 1.95. The second-order valence-electron chi connectivity index (χ2n) is 4.24. The molecule has 0 aliphatic heterocycles. The van der Waals surface area contributed by atoms with Crippen molar-refractivity contribution in [3.8, 4) is 0 Å². The van der Waals surface area contributed by atoms with Gasteiger partial charge in [-0.05, 0) is 0 Å². The molecule has 152 valence electrons. The third-order valence-corrected chi connectivity index (χ3v) is 2.48. The second-order valence-corrected chi connectivity index (χ2v) is 4.24. The minimum Gasteiger partial charge on any atom is -0.346 e. The predicted octanol–water partition coefficient (Wildman–Crippen LogP) is 5.26. The molecule has 0 fully saturated rings. The van der Waals surface area contributed by atoms with Crippen molar-refractivity contribution in [2.75, 3.05) is 6.61 Å². The smallest absolute Gasteiger partial charge is 0.346 e. The molecule has 0 saturated carbocycles. The Kier molecular flexibility index (Phi) is 5.66. The number of hydrogen-bond acceptors (Lipinski definition) is 1. The fourth-order valence-electron chi connectivity index (χ4n) is 1.25. The van der Waals surface area contributed by atoms with E-state index in [1.165, 1.54) is 0 Å². The van der Waals surface area contributed by atoms with Crippen LogP contribution in [0.15, 0.2) is 0 Å². The van der Waals surface area contributed by atoms with Crippen molar-refractivity contribution in [3.05, 3.63) is 0 Å². The van der Waals surface area contributed by atoms with E-state index in [2.05, 4.69) is 0 Å². The molecule has 0 heterocycles. The summed E-state index contributed by atoms with van der Waals surface area (Å²) in [5.41, 5.74) is -7.71. The van der Waals surface area contributed by atoms with E-state index in [4.69, 9.17) is 0 Å². The molecule has 25 heavy (non-hydrogen) atoms. The zero-order chi connectivity index (χ0) is 20.9. The molecule has 0 aliphatic rings. The summed E-state index contributed by atoms with van der Waals surface area (Å²) in [6, 6.07) is 0. The van der Waals surface area contributed by atoms with Gasteiger partial charge >= 0.3 is 42.2 Å². The third-order valence-electron chi connectivity index (χ3n) is 2.48. The van der Waals surface area contributed by atoms with Crippen LogP contribution in [0.4, 0.5) is 70.2 Å². The average Bonchev–Trinajstić information content (AvgIpc) is 2.21. The molecule has 17 heteroatoms. The van der Waals surface area contributed by atoms with Gasteiger partial charge in [0.2, 0.25) is 0 Å². The van der Waals surface area contributed by atoms with E-state index in [-0.39, 0.29) is 0 Å². The summed E-state index contributed by atoms with van der Waals surface area (Å²) in [7, 11) is 0. The van der Waals surface area contributed by atoms with Crippen LogP contribution in [0.3, 0.4) is 0 Å². The molecule has 0 N–H and O–H groups in total. The predicted molar refractivity (Wildman–Crippen MR) is 42.8 cm³/mol. The molecule has 0 amide bonds. The van der Waals surface area contributed by atoms with Crippen LogP contribution in [-0.2, 0) is 4.74 Å². The maximum atomic E-state index is 12.9. The highest BCUT2D eigenvalue weighted by atomic mass is 19.4. The minimum atomic E-state index is -7.96. The van der Waals surface area contributed by atoms with E-state index < -0.39 is 48.8 Å². The van der Waals surface area contributed by atoms with Crippen LogP contribution in [0.5, 0.6) is 0 Å². The fraction of sp³-hybridized carbons (Fsp3) is 1.00. The largest absolute Gasteiger partial charge is 0.457 e. The van der Waals surface area contributed by atoms with E-state index in [0.29, 0.717) is 0 Å². The van der Waals surface area contributed by atoms with Crippen LogP contribution in [0.2, 0.25) is 0 Å². The molecular formula is C8H2F16O. The number of halogens is 16. The highest BCUT2D eigenvalue weighted by molar-refractivity contribution is 5.10. The van der Waals surface area contributed by atoms with Gasteiger partial charge in [-0.2, -0.15) is 70.2 Å². The summed E-state index contributed by atoms with van der Waals surface area (Å²) < 4.78 is 198. The van der Waals surface area contributed by atoms with Crippen LogP contribution in [0.25, 0.3) is 0 Å². The molecule has 0 aromatic rings. The van der Waals surface area contributed by atoms with Crippen molar-refractivity contribution in [2.24, 2.45) is 0 Å². The van der Waals surface area contributed by atoms with Gasteiger partial charge in [0.25, 0.3) is 0 Å². The summed E-state index contributed by atoms with van der Waals surface area (Å²) in [5, 5.41) is 0. The van der Waals surface area contributed by atoms with Crippen molar-refractivity contribution < 1.29 is 75.0 Å². The lowest BCUT2D eigenvalue weighted by molar-refractivity contribution is -0.480. The summed E-state index contributed by atoms with van der Waals surface area (Å²) in [6.45, 7) is -4.11. The highest BCUT2D eigenvalue weighted by Gasteiger charge is 2.91. The second kappa shape index (κ2) is 5.94. The van der Waals surface area contributed by atoms with Gasteiger partial charge in [0.15, 0.2) is 0 Å². The first kappa shape index (κ1) is 23.8. The van der Waals surface area contributed by atoms with Gasteiger partial charge in [-0.15, -0.1) is 0 Å². The maximum absolute atomic E-state index is 12.9. The molecule has 0 unspecified atom stereocenters. The molecule has 1 nitrogen and oxygen atoms in total. The standard InChI is InChI=1S/C8H2F16O/c9-2(10,5(13,14)15)1-25-3(6(16,17)18,7(19,20)21)4(11,12)8(22,23)24/h1H2. The van der Waals surface area contributed by atoms with Gasteiger partial charge in [-0.25, -0.2) is 0 Å². The van der Waals surface area contributed by atoms with Crippen molar-refractivity contribution in [1.82, 2.24) is 0 Å². The number of ether oxygens (including phenoxy) is 1. The molecule has 0 radical (unpaired) electrons. The average molecular weight is 418 g/mol. The van der Waals surface area contributed by atoms with E-state index in [0.717, 1.165) is 0 Å². The van der Waals surface area contributed by atoms with Crippen LogP contribution in [0.1, 0.15) is 0 Å². The summed E-state index contributed by atoms with van der Waals surface area (Å²) in [6.07, 6.45) is -30.1. The van der Waals surface area contributed by atoms with E-state index in [1.807, 2.05) is 4.74 Å². The zero-order valence-corrected chi connectivity index (χ0v) is 10.7. The molecule has 0 aliphatic carbocycles. The molecule has 0 spiro atoms. The van der Waals surface area contributed by atoms with Gasteiger partial charge in [0.05, 0.1) is 0 Å². The van der Waals surface area contributed by atoms with Crippen LogP contribution in [-0.4, -0.2) is 48.8 Å². The Morgan fingerprint density at radius 2 is 0.760 bits per heavy atom. The summed E-state index contributed by atoms with van der Waals surface area (Å²) >= 11 is 0. The van der Waals surface area contributed by atoms with Crippen molar-refractivity contribution in [2.45, 2.75) is 42.2 Å². The lowest BCUT2D eigenvalue weighted by Gasteiger charge is -2.42. The Morgan fingerprint density at radius 3 is 0.960 bits per heavy atom. The monoisotopic (exact) mass is 418 g/mol. The summed E-state index contributed by atoms with van der Waals surface area (Å²) in [5.74, 6) is -14.6. The first-order chi connectivity index (χ1) is 10.5. The normalized spacial score (nSPS) is 16.3. The van der Waals surface area contributed by atoms with Crippen LogP contribution < -0.4 is 0 Å². The Bertz CT molecular complexity index is 446. The Labute approximate surface area is 125 Å². The van der Waals surface area contributed by atoms with Gasteiger partial charge in [-0.1, -0.05) is 0 Å². The number of alkyl halides is 16. The van der Waals surface area contributed by atoms with Crippen LogP contribution in [0, 0.1) is 0 Å². The topological polar surface area (TPSA) is 9.23 Å². The van der Waals surface area contributed by atoms with Gasteiger partial charge < -0.3 is 4.74 Å². The summed E-state index contributed by atoms with van der Waals surface area (Å²) in [4.78, 5) is 0. The zero-order valence-electron chi connectivity index (χ0n) is 10.7. The maximum Gasteiger partial charge on any atom is 0.457 e. The third kappa shape index (κ3) is 3.84. The molecule has 0 aromatic heterocycles. The van der Waals surface area contributed by atoms with Crippen LogP contribution >= 0.6 is 0 Å². The van der Waals surface area contributed by atoms with Crippen molar-refractivity contribution in [1.29, 1.82) is 0 Å². The number of rotatable bonds is 4. The Morgan fingerprint density at radius 1 is 0.440 bits per heavy atom. The van der Waals surface area contributed by atoms with Gasteiger partial charge in [0, 0.05) is 0 Å². The highest BCUT2D eigenvalue weighted by Crippen LogP contribution is 2.59. The quantitative estimate of drug-likeness (QED) is 0.566. The van der Waals surface area contributed by atoms with Crippen molar-refractivity contribution >= 4 is 0 Å². The lowest BCUT2D eigenvalue weighted by Crippen LogP contribution is -2.74. The molecule has 0 bridgehead atoms. The molecule has 0 atom stereocenters. The Balaban J connectivity index is 6.48. The first-order valence-corrected chi connectivity index (χ1v) is 5.12. The van der Waals surface area contributed by atoms with E-state index in [1.54, 1.807) is 0 Å². The fourth-order valence-corrected chi connectivity index (χ4v) is 1.25. The molecular weight excluding hydrogens is 416 g/mol. The van der Waals surface area contributed by atoms with E-state index >= 15 is 0 Å². The molecule has 0 aromatic carbocycles. The van der Waals surface area contributed by atoms with Crippen molar-refractivity contribution in [3.63, 3.8) is 0 Å². The SMILES string of the molecule is FC(F)(F)C(F)(F)COC(C(F)(F)F)(C(F)(F)F)C(F)(F)C(F)(F)F. The van der Waals surface area contributed by atoms with Gasteiger partial charge in [-0.3, -0.25) is 0 Å². The van der Waals surface area contributed by atoms with Gasteiger partial charge in [0.1, 0.15) is 6.61 Å². The van der Waals surface area contributed by atoms with E-state index in [9.17, 15) is 70.2 Å².